The van der Waals surface area contributed by atoms with Crippen molar-refractivity contribution in [1.82, 2.24) is 19.7 Å². The van der Waals surface area contributed by atoms with E-state index < -0.39 is 17.2 Å². The molecule has 2 N–H and O–H groups in total. The van der Waals surface area contributed by atoms with Gasteiger partial charge in [-0.2, -0.15) is 5.10 Å². The highest BCUT2D eigenvalue weighted by Gasteiger charge is 2.36. The Morgan fingerprint density at radius 2 is 1.76 bits per heavy atom. The SMILES string of the molecule is COc1ccc(N(Cc2c[nH]c3ccc(OC)cc23)CC(O)(Cn2cncn2)c2ccc(F)cc2F)cc1. The minimum absolute atomic E-state index is 0.0433. The predicted octanol–water partition coefficient (Wildman–Crippen LogP) is 4.65. The summed E-state index contributed by atoms with van der Waals surface area (Å²) in [5, 5.41) is 17.1. The predicted molar refractivity (Wildman–Crippen MR) is 139 cm³/mol. The van der Waals surface area contributed by atoms with E-state index >= 15 is 4.39 Å². The first-order chi connectivity index (χ1) is 18.4. The molecule has 0 saturated carbocycles. The van der Waals surface area contributed by atoms with Crippen LogP contribution in [0, 0.1) is 11.6 Å². The Morgan fingerprint density at radius 1 is 1.00 bits per heavy atom. The average molecular weight is 520 g/mol. The molecule has 0 aliphatic carbocycles. The molecule has 0 spiro atoms. The first-order valence-electron chi connectivity index (χ1n) is 11.9. The second-order valence-corrected chi connectivity index (χ2v) is 9.03. The van der Waals surface area contributed by atoms with E-state index in [4.69, 9.17) is 9.47 Å². The molecule has 8 nitrogen and oxygen atoms in total. The second-order valence-electron chi connectivity index (χ2n) is 9.03. The Balaban J connectivity index is 1.58. The van der Waals surface area contributed by atoms with Crippen LogP contribution in [-0.2, 0) is 18.7 Å². The average Bonchev–Trinajstić information content (AvgIpc) is 3.57. The van der Waals surface area contributed by atoms with E-state index in [1.807, 2.05) is 53.6 Å². The molecule has 1 unspecified atom stereocenters. The lowest BCUT2D eigenvalue weighted by molar-refractivity contribution is 0.0182. The number of hydrogen-bond donors (Lipinski definition) is 2. The van der Waals surface area contributed by atoms with Gasteiger partial charge in [0.15, 0.2) is 0 Å². The standard InChI is InChI=1S/C28H27F2N5O3/c1-37-22-6-4-21(5-7-22)34(14-19-13-32-27-10-8-23(38-2)12-24(19)27)15-28(36,16-35-18-31-17-33-35)25-9-3-20(29)11-26(25)30/h3-13,17-18,32,36H,14-16H2,1-2H3. The largest absolute Gasteiger partial charge is 0.497 e. The van der Waals surface area contributed by atoms with E-state index in [1.165, 1.54) is 23.4 Å². The van der Waals surface area contributed by atoms with E-state index in [9.17, 15) is 9.50 Å². The van der Waals surface area contributed by atoms with Crippen LogP contribution >= 0.6 is 0 Å². The fourth-order valence-electron chi connectivity index (χ4n) is 4.64. The smallest absolute Gasteiger partial charge is 0.137 e. The molecule has 0 aliphatic rings. The monoisotopic (exact) mass is 519 g/mol. The van der Waals surface area contributed by atoms with E-state index in [2.05, 4.69) is 15.1 Å². The molecule has 0 amide bonds. The summed E-state index contributed by atoms with van der Waals surface area (Å²) >= 11 is 0. The van der Waals surface area contributed by atoms with Crippen molar-refractivity contribution >= 4 is 16.6 Å². The van der Waals surface area contributed by atoms with E-state index in [-0.39, 0.29) is 18.7 Å². The lowest BCUT2D eigenvalue weighted by Gasteiger charge is -2.36. The summed E-state index contributed by atoms with van der Waals surface area (Å²) in [6.45, 7) is 0.213. The number of nitrogens with zero attached hydrogens (tertiary/aromatic N) is 4. The number of benzene rings is 3. The highest BCUT2D eigenvalue weighted by molar-refractivity contribution is 5.85. The molecule has 10 heteroatoms. The van der Waals surface area contributed by atoms with E-state index in [0.29, 0.717) is 18.0 Å². The van der Waals surface area contributed by atoms with Crippen molar-refractivity contribution in [2.24, 2.45) is 0 Å². The number of aromatic amines is 1. The Kier molecular flexibility index (Phi) is 6.97. The zero-order chi connectivity index (χ0) is 26.7. The van der Waals surface area contributed by atoms with Gasteiger partial charge in [0.25, 0.3) is 0 Å². The Bertz CT molecular complexity index is 1520. The summed E-state index contributed by atoms with van der Waals surface area (Å²) < 4.78 is 41.0. The van der Waals surface area contributed by atoms with Crippen LogP contribution in [-0.4, -0.2) is 45.6 Å². The molecular weight excluding hydrogens is 492 g/mol. The Morgan fingerprint density at radius 3 is 2.45 bits per heavy atom. The van der Waals surface area contributed by atoms with Crippen molar-refractivity contribution in [2.45, 2.75) is 18.7 Å². The third-order valence-corrected chi connectivity index (χ3v) is 6.55. The molecule has 0 aliphatic heterocycles. The molecule has 0 saturated heterocycles. The van der Waals surface area contributed by atoms with Crippen LogP contribution in [0.4, 0.5) is 14.5 Å². The summed E-state index contributed by atoms with van der Waals surface area (Å²) in [5.41, 5.74) is 0.793. The number of fused-ring (bicyclic) bond motifs is 1. The fraction of sp³-hybridized carbons (Fsp3) is 0.214. The van der Waals surface area contributed by atoms with Gasteiger partial charge in [-0.05, 0) is 54.1 Å². The number of methoxy groups -OCH3 is 2. The Hall–Kier alpha value is -4.44. The van der Waals surface area contributed by atoms with Gasteiger partial charge >= 0.3 is 0 Å². The first kappa shape index (κ1) is 25.2. The quantitative estimate of drug-likeness (QED) is 0.279. The van der Waals surface area contributed by atoms with Crippen LogP contribution in [0.2, 0.25) is 0 Å². The van der Waals surface area contributed by atoms with Crippen molar-refractivity contribution in [2.75, 3.05) is 25.7 Å². The summed E-state index contributed by atoms with van der Waals surface area (Å²) in [6, 6.07) is 16.3. The van der Waals surface area contributed by atoms with Crippen LogP contribution in [0.25, 0.3) is 10.9 Å². The lowest BCUT2D eigenvalue weighted by Crippen LogP contribution is -2.44. The molecule has 2 heterocycles. The number of rotatable bonds is 10. The van der Waals surface area contributed by atoms with Crippen LogP contribution in [0.3, 0.4) is 0 Å². The number of aromatic nitrogens is 4. The maximum atomic E-state index is 15.1. The minimum atomic E-state index is -1.80. The molecule has 5 rings (SSSR count). The maximum Gasteiger partial charge on any atom is 0.137 e. The minimum Gasteiger partial charge on any atom is -0.497 e. The summed E-state index contributed by atoms with van der Waals surface area (Å²) in [5.74, 6) is -0.188. The molecule has 1 atom stereocenters. The Labute approximate surface area is 218 Å². The van der Waals surface area contributed by atoms with Crippen molar-refractivity contribution < 1.29 is 23.4 Å². The van der Waals surface area contributed by atoms with Crippen LogP contribution in [0.15, 0.2) is 79.5 Å². The molecule has 2 aromatic heterocycles. The van der Waals surface area contributed by atoms with Gasteiger partial charge in [-0.3, -0.25) is 0 Å². The zero-order valence-electron chi connectivity index (χ0n) is 20.9. The third-order valence-electron chi connectivity index (χ3n) is 6.55. The van der Waals surface area contributed by atoms with Gasteiger partial charge in [0.05, 0.1) is 27.3 Å². The summed E-state index contributed by atoms with van der Waals surface area (Å²) in [7, 11) is 3.19. The molecule has 196 valence electrons. The lowest BCUT2D eigenvalue weighted by atomic mass is 9.91. The molecule has 38 heavy (non-hydrogen) atoms. The zero-order valence-corrected chi connectivity index (χ0v) is 20.9. The molecule has 0 radical (unpaired) electrons. The third kappa shape index (κ3) is 5.16. The van der Waals surface area contributed by atoms with Gasteiger partial charge in [0, 0.05) is 41.0 Å². The fourth-order valence-corrected chi connectivity index (χ4v) is 4.64. The van der Waals surface area contributed by atoms with Gasteiger partial charge in [0.2, 0.25) is 0 Å². The number of aliphatic hydroxyl groups is 1. The summed E-state index contributed by atoms with van der Waals surface area (Å²) in [6.07, 6.45) is 4.67. The molecule has 5 aromatic rings. The molecule has 0 bridgehead atoms. The van der Waals surface area contributed by atoms with Crippen LogP contribution < -0.4 is 14.4 Å². The van der Waals surface area contributed by atoms with E-state index in [0.717, 1.165) is 34.3 Å². The van der Waals surface area contributed by atoms with E-state index in [1.54, 1.807) is 14.2 Å². The molecule has 3 aromatic carbocycles. The van der Waals surface area contributed by atoms with Crippen LogP contribution in [0.1, 0.15) is 11.1 Å². The first-order valence-corrected chi connectivity index (χ1v) is 11.9. The van der Waals surface area contributed by atoms with Crippen molar-refractivity contribution in [3.8, 4) is 11.5 Å². The number of hydrogen-bond acceptors (Lipinski definition) is 6. The van der Waals surface area contributed by atoms with Gasteiger partial charge in [-0.1, -0.05) is 6.07 Å². The van der Waals surface area contributed by atoms with Crippen molar-refractivity contribution in [3.63, 3.8) is 0 Å². The highest BCUT2D eigenvalue weighted by atomic mass is 19.1. The normalized spacial score (nSPS) is 12.9. The van der Waals surface area contributed by atoms with Gasteiger partial charge in [-0.25, -0.2) is 18.4 Å². The maximum absolute atomic E-state index is 15.1. The van der Waals surface area contributed by atoms with Gasteiger partial charge < -0.3 is 24.5 Å². The summed E-state index contributed by atoms with van der Waals surface area (Å²) in [4.78, 5) is 9.15. The topological polar surface area (TPSA) is 88.4 Å². The number of ether oxygens (including phenoxy) is 2. The molecule has 0 fully saturated rings. The number of nitrogens with one attached hydrogen (secondary N) is 1. The number of halogens is 2. The van der Waals surface area contributed by atoms with Gasteiger partial charge in [-0.15, -0.1) is 0 Å². The number of anilines is 1. The van der Waals surface area contributed by atoms with Crippen molar-refractivity contribution in [1.29, 1.82) is 0 Å². The van der Waals surface area contributed by atoms with Gasteiger partial charge in [0.1, 0.15) is 41.4 Å². The van der Waals surface area contributed by atoms with Crippen LogP contribution in [0.5, 0.6) is 11.5 Å². The second kappa shape index (κ2) is 10.5. The molecular formula is C28H27F2N5O3. The van der Waals surface area contributed by atoms with Crippen molar-refractivity contribution in [3.05, 3.63) is 102 Å². The number of H-pyrrole nitrogens is 1. The highest BCUT2D eigenvalue weighted by Crippen LogP contribution is 2.33.